The summed E-state index contributed by atoms with van der Waals surface area (Å²) in [5.74, 6) is 1.21. The van der Waals surface area contributed by atoms with Gasteiger partial charge in [0.25, 0.3) is 0 Å². The number of rotatable bonds is 5. The predicted octanol–water partition coefficient (Wildman–Crippen LogP) is 1.16. The molecule has 1 aromatic rings. The highest BCUT2D eigenvalue weighted by Gasteiger charge is 2.04. The van der Waals surface area contributed by atoms with Crippen molar-refractivity contribution in [2.75, 3.05) is 16.8 Å². The highest BCUT2D eigenvalue weighted by molar-refractivity contribution is 8.00. The highest BCUT2D eigenvalue weighted by Crippen LogP contribution is 2.11. The molecule has 3 N–H and O–H groups in total. The number of thioether (sulfide) groups is 1. The molecule has 1 amide bonds. The quantitative estimate of drug-likeness (QED) is 0.798. The van der Waals surface area contributed by atoms with E-state index in [9.17, 15) is 4.79 Å². The van der Waals surface area contributed by atoms with Crippen molar-refractivity contribution in [3.8, 4) is 0 Å². The van der Waals surface area contributed by atoms with Gasteiger partial charge in [0.1, 0.15) is 0 Å². The molecular formula is C8H13N3OS2. The lowest BCUT2D eigenvalue weighted by Gasteiger charge is -2.04. The molecule has 1 atom stereocenters. The molecule has 1 heterocycles. The minimum atomic E-state index is -0.0226. The van der Waals surface area contributed by atoms with Crippen molar-refractivity contribution in [1.29, 1.82) is 0 Å². The van der Waals surface area contributed by atoms with Gasteiger partial charge in [-0.15, -0.1) is 11.3 Å². The smallest absolute Gasteiger partial charge is 0.236 e. The Morgan fingerprint density at radius 3 is 3.21 bits per heavy atom. The SMILES string of the molecule is CC(N)CSCC(=O)Nc1nccs1. The van der Waals surface area contributed by atoms with Gasteiger partial charge in [-0.25, -0.2) is 4.98 Å². The van der Waals surface area contributed by atoms with E-state index >= 15 is 0 Å². The zero-order valence-electron chi connectivity index (χ0n) is 7.90. The van der Waals surface area contributed by atoms with E-state index in [1.807, 2.05) is 12.3 Å². The van der Waals surface area contributed by atoms with Gasteiger partial charge < -0.3 is 11.1 Å². The number of carbonyl (C=O) groups excluding carboxylic acids is 1. The third-order valence-electron chi connectivity index (χ3n) is 1.29. The zero-order valence-corrected chi connectivity index (χ0v) is 9.53. The Bertz CT molecular complexity index is 274. The molecule has 0 fully saturated rings. The summed E-state index contributed by atoms with van der Waals surface area (Å²) < 4.78 is 0. The lowest BCUT2D eigenvalue weighted by Crippen LogP contribution is -2.20. The Morgan fingerprint density at radius 2 is 2.64 bits per heavy atom. The van der Waals surface area contributed by atoms with E-state index in [0.29, 0.717) is 10.9 Å². The minimum Gasteiger partial charge on any atom is -0.327 e. The summed E-state index contributed by atoms with van der Waals surface area (Å²) in [6.07, 6.45) is 1.66. The molecule has 0 aliphatic heterocycles. The third-order valence-corrected chi connectivity index (χ3v) is 3.21. The van der Waals surface area contributed by atoms with Crippen LogP contribution in [0.15, 0.2) is 11.6 Å². The van der Waals surface area contributed by atoms with Crippen LogP contribution in [0.1, 0.15) is 6.92 Å². The summed E-state index contributed by atoms with van der Waals surface area (Å²) >= 11 is 2.95. The summed E-state index contributed by atoms with van der Waals surface area (Å²) in [4.78, 5) is 15.2. The van der Waals surface area contributed by atoms with Crippen molar-refractivity contribution >= 4 is 34.1 Å². The summed E-state index contributed by atoms with van der Waals surface area (Å²) in [6.45, 7) is 1.92. The number of hydrogen-bond acceptors (Lipinski definition) is 5. The largest absolute Gasteiger partial charge is 0.327 e. The van der Waals surface area contributed by atoms with Gasteiger partial charge in [0.2, 0.25) is 5.91 Å². The van der Waals surface area contributed by atoms with E-state index in [0.717, 1.165) is 5.75 Å². The number of aromatic nitrogens is 1. The fourth-order valence-corrected chi connectivity index (χ4v) is 2.07. The Balaban J connectivity index is 2.17. The Hall–Kier alpha value is -0.590. The molecule has 14 heavy (non-hydrogen) atoms. The van der Waals surface area contributed by atoms with Crippen LogP contribution in [0.25, 0.3) is 0 Å². The number of nitrogens with one attached hydrogen (secondary N) is 1. The zero-order chi connectivity index (χ0) is 10.4. The Kier molecular flexibility index (Phi) is 4.92. The standard InChI is InChI=1S/C8H13N3OS2/c1-6(9)4-13-5-7(12)11-8-10-2-3-14-8/h2-3,6H,4-5,9H2,1H3,(H,10,11,12). The lowest BCUT2D eigenvalue weighted by molar-refractivity contribution is -0.113. The number of nitrogens with zero attached hydrogens (tertiary/aromatic N) is 1. The third kappa shape index (κ3) is 4.59. The molecule has 6 heteroatoms. The molecule has 0 aromatic carbocycles. The van der Waals surface area contributed by atoms with Crippen molar-refractivity contribution in [2.24, 2.45) is 5.73 Å². The van der Waals surface area contributed by atoms with Crippen LogP contribution in [0.4, 0.5) is 5.13 Å². The van der Waals surface area contributed by atoms with Gasteiger partial charge in [-0.2, -0.15) is 11.8 Å². The number of carbonyl (C=O) groups is 1. The molecule has 4 nitrogen and oxygen atoms in total. The van der Waals surface area contributed by atoms with Crippen LogP contribution in [0.2, 0.25) is 0 Å². The second kappa shape index (κ2) is 6.00. The van der Waals surface area contributed by atoms with Gasteiger partial charge in [0.15, 0.2) is 5.13 Å². The highest BCUT2D eigenvalue weighted by atomic mass is 32.2. The molecule has 0 spiro atoms. The van der Waals surface area contributed by atoms with E-state index in [1.165, 1.54) is 23.1 Å². The molecule has 1 aromatic heterocycles. The fraction of sp³-hybridized carbons (Fsp3) is 0.500. The molecule has 0 aliphatic rings. The van der Waals surface area contributed by atoms with Crippen molar-refractivity contribution in [3.63, 3.8) is 0 Å². The molecule has 0 saturated heterocycles. The number of hydrogen-bond donors (Lipinski definition) is 2. The summed E-state index contributed by atoms with van der Waals surface area (Å²) in [5.41, 5.74) is 5.55. The number of nitrogens with two attached hydrogens (primary N) is 1. The first-order valence-electron chi connectivity index (χ1n) is 4.21. The number of anilines is 1. The molecular weight excluding hydrogens is 218 g/mol. The van der Waals surface area contributed by atoms with Crippen LogP contribution in [-0.4, -0.2) is 28.4 Å². The summed E-state index contributed by atoms with van der Waals surface area (Å²) in [6, 6.07) is 0.132. The van der Waals surface area contributed by atoms with Crippen molar-refractivity contribution in [2.45, 2.75) is 13.0 Å². The maximum Gasteiger partial charge on any atom is 0.236 e. The van der Waals surface area contributed by atoms with Crippen molar-refractivity contribution in [3.05, 3.63) is 11.6 Å². The summed E-state index contributed by atoms with van der Waals surface area (Å²) in [5, 5.41) is 5.18. The van der Waals surface area contributed by atoms with Crippen LogP contribution in [0.3, 0.4) is 0 Å². The van der Waals surface area contributed by atoms with Gasteiger partial charge in [-0.1, -0.05) is 0 Å². The van der Waals surface area contributed by atoms with Crippen LogP contribution in [0.5, 0.6) is 0 Å². The maximum atomic E-state index is 11.3. The van der Waals surface area contributed by atoms with Gasteiger partial charge in [0.05, 0.1) is 5.75 Å². The summed E-state index contributed by atoms with van der Waals surface area (Å²) in [7, 11) is 0. The Labute approximate surface area is 91.3 Å². The average molecular weight is 231 g/mol. The molecule has 1 unspecified atom stereocenters. The first kappa shape index (κ1) is 11.5. The van der Waals surface area contributed by atoms with Crippen molar-refractivity contribution < 1.29 is 4.79 Å². The molecule has 0 aliphatic carbocycles. The van der Waals surface area contributed by atoms with E-state index in [2.05, 4.69) is 10.3 Å². The molecule has 0 bridgehead atoms. The van der Waals surface area contributed by atoms with Crippen LogP contribution >= 0.6 is 23.1 Å². The van der Waals surface area contributed by atoms with Gasteiger partial charge in [-0.3, -0.25) is 4.79 Å². The molecule has 78 valence electrons. The van der Waals surface area contributed by atoms with E-state index in [-0.39, 0.29) is 11.9 Å². The van der Waals surface area contributed by atoms with Gasteiger partial charge in [0, 0.05) is 23.4 Å². The van der Waals surface area contributed by atoms with Crippen LogP contribution in [0, 0.1) is 0 Å². The second-order valence-electron chi connectivity index (χ2n) is 2.88. The predicted molar refractivity (Wildman–Crippen MR) is 61.7 cm³/mol. The van der Waals surface area contributed by atoms with Gasteiger partial charge in [-0.05, 0) is 6.92 Å². The van der Waals surface area contributed by atoms with E-state index in [4.69, 9.17) is 5.73 Å². The second-order valence-corrected chi connectivity index (χ2v) is 4.80. The number of thiazole rings is 1. The van der Waals surface area contributed by atoms with Crippen LogP contribution < -0.4 is 11.1 Å². The topological polar surface area (TPSA) is 68.0 Å². The maximum absolute atomic E-state index is 11.3. The molecule has 0 radical (unpaired) electrons. The first-order valence-corrected chi connectivity index (χ1v) is 6.24. The van der Waals surface area contributed by atoms with Gasteiger partial charge >= 0.3 is 0 Å². The first-order chi connectivity index (χ1) is 6.68. The Morgan fingerprint density at radius 1 is 1.86 bits per heavy atom. The van der Waals surface area contributed by atoms with E-state index in [1.54, 1.807) is 6.20 Å². The fourth-order valence-electron chi connectivity index (χ4n) is 0.778. The normalized spacial score (nSPS) is 12.4. The average Bonchev–Trinajstić information content (AvgIpc) is 2.56. The minimum absolute atomic E-state index is 0.0226. The molecule has 1 rings (SSSR count). The molecule has 0 saturated carbocycles. The van der Waals surface area contributed by atoms with Crippen molar-refractivity contribution in [1.82, 2.24) is 4.98 Å². The van der Waals surface area contributed by atoms with E-state index < -0.39 is 0 Å². The number of amides is 1. The van der Waals surface area contributed by atoms with Crippen LogP contribution in [-0.2, 0) is 4.79 Å². The lowest BCUT2D eigenvalue weighted by atomic mass is 10.4. The monoisotopic (exact) mass is 231 g/mol.